The third-order valence-corrected chi connectivity index (χ3v) is 3.07. The number of hydrogen-bond donors (Lipinski definition) is 2. The van der Waals surface area contributed by atoms with Gasteiger partial charge < -0.3 is 11.1 Å². The predicted octanol–water partition coefficient (Wildman–Crippen LogP) is 2.89. The molecule has 19 heavy (non-hydrogen) atoms. The average Bonchev–Trinajstić information content (AvgIpc) is 2.38. The van der Waals surface area contributed by atoms with Crippen molar-refractivity contribution in [2.75, 3.05) is 12.3 Å². The third-order valence-electron chi connectivity index (χ3n) is 3.07. The highest BCUT2D eigenvalue weighted by atomic mass is 19.1. The first-order valence-corrected chi connectivity index (χ1v) is 6.34. The molecule has 1 aromatic heterocycles. The Morgan fingerprint density at radius 3 is 2.53 bits per heavy atom. The fourth-order valence-corrected chi connectivity index (χ4v) is 1.97. The lowest BCUT2D eigenvalue weighted by Gasteiger charge is -2.12. The molecule has 0 fully saturated rings. The second kappa shape index (κ2) is 5.80. The SMILES string of the molecule is CCNCc1c(C)cc(-c2ccc(F)cc2)nc1N. The number of nitrogen functional groups attached to an aromatic ring is 1. The Kier molecular flexibility index (Phi) is 4.12. The maximum Gasteiger partial charge on any atom is 0.128 e. The molecule has 0 aliphatic carbocycles. The summed E-state index contributed by atoms with van der Waals surface area (Å²) in [7, 11) is 0. The van der Waals surface area contributed by atoms with E-state index >= 15 is 0 Å². The number of nitrogens with one attached hydrogen (secondary N) is 1. The molecule has 0 amide bonds. The van der Waals surface area contributed by atoms with Crippen molar-refractivity contribution in [2.45, 2.75) is 20.4 Å². The molecule has 0 aliphatic rings. The van der Waals surface area contributed by atoms with Crippen LogP contribution >= 0.6 is 0 Å². The normalized spacial score (nSPS) is 10.7. The number of nitrogens with zero attached hydrogens (tertiary/aromatic N) is 1. The van der Waals surface area contributed by atoms with Gasteiger partial charge in [-0.3, -0.25) is 0 Å². The molecule has 1 heterocycles. The van der Waals surface area contributed by atoms with E-state index in [9.17, 15) is 4.39 Å². The predicted molar refractivity (Wildman–Crippen MR) is 76.2 cm³/mol. The zero-order chi connectivity index (χ0) is 13.8. The summed E-state index contributed by atoms with van der Waals surface area (Å²) < 4.78 is 12.9. The Morgan fingerprint density at radius 2 is 1.95 bits per heavy atom. The highest BCUT2D eigenvalue weighted by Crippen LogP contribution is 2.23. The fraction of sp³-hybridized carbons (Fsp3) is 0.267. The van der Waals surface area contributed by atoms with Crippen LogP contribution in [0.4, 0.5) is 10.2 Å². The lowest BCUT2D eigenvalue weighted by molar-refractivity contribution is 0.628. The molecule has 0 saturated carbocycles. The summed E-state index contributed by atoms with van der Waals surface area (Å²) in [5, 5.41) is 3.24. The molecule has 3 N–H and O–H groups in total. The van der Waals surface area contributed by atoms with Crippen LogP contribution in [0.5, 0.6) is 0 Å². The maximum absolute atomic E-state index is 12.9. The van der Waals surface area contributed by atoms with E-state index in [4.69, 9.17) is 5.73 Å². The van der Waals surface area contributed by atoms with E-state index in [1.54, 1.807) is 12.1 Å². The molecule has 1 aromatic carbocycles. The Balaban J connectivity index is 2.36. The molecule has 2 aromatic rings. The molecule has 3 nitrogen and oxygen atoms in total. The lowest BCUT2D eigenvalue weighted by atomic mass is 10.1. The van der Waals surface area contributed by atoms with Crippen molar-refractivity contribution < 1.29 is 4.39 Å². The summed E-state index contributed by atoms with van der Waals surface area (Å²) in [6, 6.07) is 8.25. The number of hydrogen-bond acceptors (Lipinski definition) is 3. The molecule has 0 saturated heterocycles. The van der Waals surface area contributed by atoms with Gasteiger partial charge in [-0.15, -0.1) is 0 Å². The molecule has 0 spiro atoms. The summed E-state index contributed by atoms with van der Waals surface area (Å²) in [5.74, 6) is 0.275. The van der Waals surface area contributed by atoms with Crippen molar-refractivity contribution in [1.82, 2.24) is 10.3 Å². The van der Waals surface area contributed by atoms with Gasteiger partial charge in [0.15, 0.2) is 0 Å². The van der Waals surface area contributed by atoms with Crippen LogP contribution in [0.2, 0.25) is 0 Å². The second-order valence-electron chi connectivity index (χ2n) is 4.48. The highest BCUT2D eigenvalue weighted by molar-refractivity contribution is 5.63. The van der Waals surface area contributed by atoms with E-state index in [-0.39, 0.29) is 5.82 Å². The van der Waals surface area contributed by atoms with Crippen LogP contribution in [0.25, 0.3) is 11.3 Å². The minimum absolute atomic E-state index is 0.253. The first-order valence-electron chi connectivity index (χ1n) is 6.34. The smallest absolute Gasteiger partial charge is 0.128 e. The van der Waals surface area contributed by atoms with Gasteiger partial charge in [0.25, 0.3) is 0 Å². The molecular formula is C15H18FN3. The van der Waals surface area contributed by atoms with Gasteiger partial charge in [0, 0.05) is 17.7 Å². The average molecular weight is 259 g/mol. The molecular weight excluding hydrogens is 241 g/mol. The van der Waals surface area contributed by atoms with Crippen molar-refractivity contribution in [3.8, 4) is 11.3 Å². The lowest BCUT2D eigenvalue weighted by Crippen LogP contribution is -2.15. The number of pyridine rings is 1. The molecule has 0 bridgehead atoms. The number of aromatic nitrogens is 1. The van der Waals surface area contributed by atoms with Crippen LogP contribution < -0.4 is 11.1 Å². The Bertz CT molecular complexity index is 541. The molecule has 0 unspecified atom stereocenters. The summed E-state index contributed by atoms with van der Waals surface area (Å²) in [4.78, 5) is 4.40. The number of halogens is 1. The van der Waals surface area contributed by atoms with Gasteiger partial charge in [0.05, 0.1) is 5.69 Å². The van der Waals surface area contributed by atoms with Gasteiger partial charge >= 0.3 is 0 Å². The number of nitrogens with two attached hydrogens (primary N) is 1. The van der Waals surface area contributed by atoms with E-state index in [2.05, 4.69) is 10.3 Å². The maximum atomic E-state index is 12.9. The largest absolute Gasteiger partial charge is 0.383 e. The van der Waals surface area contributed by atoms with Crippen LogP contribution in [-0.4, -0.2) is 11.5 Å². The van der Waals surface area contributed by atoms with E-state index in [1.165, 1.54) is 12.1 Å². The standard InChI is InChI=1S/C15H18FN3/c1-3-18-9-13-10(2)8-14(19-15(13)17)11-4-6-12(16)7-5-11/h4-8,18H,3,9H2,1-2H3,(H2,17,19). The van der Waals surface area contributed by atoms with Crippen LogP contribution in [0.15, 0.2) is 30.3 Å². The first kappa shape index (κ1) is 13.5. The van der Waals surface area contributed by atoms with Crippen molar-refractivity contribution in [2.24, 2.45) is 0 Å². The number of aryl methyl sites for hydroxylation is 1. The van der Waals surface area contributed by atoms with Gasteiger partial charge in [0.2, 0.25) is 0 Å². The summed E-state index contributed by atoms with van der Waals surface area (Å²) >= 11 is 0. The molecule has 4 heteroatoms. The number of anilines is 1. The van der Waals surface area contributed by atoms with Crippen LogP contribution in [-0.2, 0) is 6.54 Å². The zero-order valence-electron chi connectivity index (χ0n) is 11.2. The first-order chi connectivity index (χ1) is 9.11. The summed E-state index contributed by atoms with van der Waals surface area (Å²) in [6.45, 7) is 5.66. The minimum Gasteiger partial charge on any atom is -0.383 e. The quantitative estimate of drug-likeness (QED) is 0.887. The third kappa shape index (κ3) is 3.09. The van der Waals surface area contributed by atoms with Crippen LogP contribution in [0.3, 0.4) is 0 Å². The van der Waals surface area contributed by atoms with Gasteiger partial charge in [0.1, 0.15) is 11.6 Å². The number of rotatable bonds is 4. The van der Waals surface area contributed by atoms with E-state index in [0.717, 1.165) is 28.9 Å². The molecule has 0 radical (unpaired) electrons. The van der Waals surface area contributed by atoms with E-state index in [1.807, 2.05) is 19.9 Å². The number of benzene rings is 1. The monoisotopic (exact) mass is 259 g/mol. The van der Waals surface area contributed by atoms with Gasteiger partial charge in [-0.05, 0) is 49.4 Å². The molecule has 0 aliphatic heterocycles. The van der Waals surface area contributed by atoms with E-state index < -0.39 is 0 Å². The summed E-state index contributed by atoms with van der Waals surface area (Å²) in [6.07, 6.45) is 0. The van der Waals surface area contributed by atoms with Gasteiger partial charge in [-0.1, -0.05) is 6.92 Å². The molecule has 2 rings (SSSR count). The van der Waals surface area contributed by atoms with Gasteiger partial charge in [-0.2, -0.15) is 0 Å². The Morgan fingerprint density at radius 1 is 1.26 bits per heavy atom. The minimum atomic E-state index is -0.253. The van der Waals surface area contributed by atoms with Crippen molar-refractivity contribution in [1.29, 1.82) is 0 Å². The molecule has 0 atom stereocenters. The Hall–Kier alpha value is -1.94. The van der Waals surface area contributed by atoms with Crippen molar-refractivity contribution >= 4 is 5.82 Å². The molecule has 100 valence electrons. The fourth-order valence-electron chi connectivity index (χ4n) is 1.97. The topological polar surface area (TPSA) is 50.9 Å². The van der Waals surface area contributed by atoms with Crippen LogP contribution in [0, 0.1) is 12.7 Å². The van der Waals surface area contributed by atoms with Crippen molar-refractivity contribution in [3.05, 3.63) is 47.3 Å². The second-order valence-corrected chi connectivity index (χ2v) is 4.48. The summed E-state index contributed by atoms with van der Waals surface area (Å²) in [5.41, 5.74) is 9.76. The highest BCUT2D eigenvalue weighted by Gasteiger charge is 2.08. The van der Waals surface area contributed by atoms with E-state index in [0.29, 0.717) is 12.4 Å². The zero-order valence-corrected chi connectivity index (χ0v) is 11.2. The Labute approximate surface area is 112 Å². The van der Waals surface area contributed by atoms with Gasteiger partial charge in [-0.25, -0.2) is 9.37 Å². The van der Waals surface area contributed by atoms with Crippen LogP contribution in [0.1, 0.15) is 18.1 Å². The van der Waals surface area contributed by atoms with Crippen molar-refractivity contribution in [3.63, 3.8) is 0 Å².